The van der Waals surface area contributed by atoms with Crippen LogP contribution in [0.25, 0.3) is 0 Å². The summed E-state index contributed by atoms with van der Waals surface area (Å²) < 4.78 is 5.39. The molecule has 0 aromatic heterocycles. The second-order valence-electron chi connectivity index (χ2n) is 3.80. The number of allylic oxidation sites excluding steroid dienone is 1. The third-order valence-electron chi connectivity index (χ3n) is 2.85. The number of rotatable bonds is 6. The molecule has 2 unspecified atom stereocenters. The van der Waals surface area contributed by atoms with Crippen LogP contribution < -0.4 is 0 Å². The zero-order valence-electron chi connectivity index (χ0n) is 9.65. The van der Waals surface area contributed by atoms with Crippen molar-refractivity contribution in [2.75, 3.05) is 6.61 Å². The largest absolute Gasteiger partial charge is 0.428 e. The van der Waals surface area contributed by atoms with Crippen molar-refractivity contribution in [2.45, 2.75) is 19.3 Å². The fourth-order valence-corrected chi connectivity index (χ4v) is 2.39. The Hall–Kier alpha value is -0.863. The predicted molar refractivity (Wildman–Crippen MR) is 69.1 cm³/mol. The Bertz CT molecular complexity index is 284. The monoisotopic (exact) mass is 220 g/mol. The van der Waals surface area contributed by atoms with Gasteiger partial charge in [-0.3, -0.25) is 0 Å². The van der Waals surface area contributed by atoms with E-state index in [9.17, 15) is 0 Å². The Balaban J connectivity index is 2.82. The van der Waals surface area contributed by atoms with Gasteiger partial charge in [-0.25, -0.2) is 0 Å². The molecule has 1 aromatic rings. The van der Waals surface area contributed by atoms with Crippen LogP contribution in [0.4, 0.5) is 0 Å². The molecule has 0 saturated heterocycles. The lowest BCUT2D eigenvalue weighted by atomic mass is 9.85. The van der Waals surface area contributed by atoms with Gasteiger partial charge >= 0.3 is 0 Å². The van der Waals surface area contributed by atoms with Gasteiger partial charge in [0.1, 0.15) is 10.5 Å². The number of hydrogen-bond donors (Lipinski definition) is 0. The summed E-state index contributed by atoms with van der Waals surface area (Å²) in [5, 5.41) is 0. The van der Waals surface area contributed by atoms with Crippen LogP contribution in [0.1, 0.15) is 24.8 Å². The minimum absolute atomic E-state index is 0.421. The van der Waals surface area contributed by atoms with Crippen molar-refractivity contribution in [1.82, 2.24) is 0 Å². The quantitative estimate of drug-likeness (QED) is 0.528. The van der Waals surface area contributed by atoms with Crippen molar-refractivity contribution in [3.05, 3.63) is 48.6 Å². The molecule has 0 saturated carbocycles. The average Bonchev–Trinajstić information content (AvgIpc) is 2.30. The zero-order chi connectivity index (χ0) is 11.1. The smallest absolute Gasteiger partial charge is 0.145 e. The minimum atomic E-state index is 0.421. The molecule has 0 aliphatic rings. The molecule has 0 spiro atoms. The highest BCUT2D eigenvalue weighted by Crippen LogP contribution is 2.28. The summed E-state index contributed by atoms with van der Waals surface area (Å²) in [5.41, 5.74) is 1.35. The molecule has 0 amide bonds. The molecule has 0 aliphatic carbocycles. The molecule has 0 bridgehead atoms. The third kappa shape index (κ3) is 3.32. The molecule has 15 heavy (non-hydrogen) atoms. The molecule has 0 heterocycles. The predicted octanol–water partition coefficient (Wildman–Crippen LogP) is 2.28. The average molecular weight is 220 g/mol. The lowest BCUT2D eigenvalue weighted by Crippen LogP contribution is -2.16. The fourth-order valence-electron chi connectivity index (χ4n) is 1.97. The first kappa shape index (κ1) is 12.2. The van der Waals surface area contributed by atoms with E-state index in [0.717, 1.165) is 23.5 Å². The fraction of sp³-hybridized carbons (Fsp3) is 0.385. The van der Waals surface area contributed by atoms with Crippen LogP contribution in [-0.2, 0) is 4.43 Å². The summed E-state index contributed by atoms with van der Waals surface area (Å²) in [6.45, 7) is 7.01. The minimum Gasteiger partial charge on any atom is -0.428 e. The molecule has 2 atom stereocenters. The van der Waals surface area contributed by atoms with Crippen LogP contribution in [0.15, 0.2) is 43.0 Å². The molecule has 0 N–H and O–H groups in total. The molecule has 2 heteroatoms. The number of hydrogen-bond acceptors (Lipinski definition) is 1. The molecule has 1 rings (SSSR count). The van der Waals surface area contributed by atoms with Crippen LogP contribution in [0.2, 0.25) is 0 Å². The Morgan fingerprint density at radius 1 is 1.40 bits per heavy atom. The Kier molecular flexibility index (Phi) is 5.36. The molecular formula is C13H20OSi. The van der Waals surface area contributed by atoms with Gasteiger partial charge in [0.2, 0.25) is 0 Å². The Morgan fingerprint density at radius 3 is 2.53 bits per heavy atom. The molecule has 0 aliphatic heterocycles. The second-order valence-corrected chi connectivity index (χ2v) is 4.37. The van der Waals surface area contributed by atoms with Crippen LogP contribution in [0.3, 0.4) is 0 Å². The summed E-state index contributed by atoms with van der Waals surface area (Å²) in [7, 11) is 0.818. The maximum absolute atomic E-state index is 5.39. The van der Waals surface area contributed by atoms with Gasteiger partial charge < -0.3 is 4.43 Å². The molecule has 0 fully saturated rings. The Labute approximate surface area is 95.7 Å². The van der Waals surface area contributed by atoms with Gasteiger partial charge in [-0.1, -0.05) is 49.8 Å². The van der Waals surface area contributed by atoms with Crippen molar-refractivity contribution >= 4 is 10.5 Å². The molecule has 1 nitrogen and oxygen atoms in total. The summed E-state index contributed by atoms with van der Waals surface area (Å²) in [6.07, 6.45) is 3.18. The van der Waals surface area contributed by atoms with Crippen LogP contribution in [0, 0.1) is 5.92 Å². The van der Waals surface area contributed by atoms with Gasteiger partial charge in [0, 0.05) is 12.5 Å². The van der Waals surface area contributed by atoms with Gasteiger partial charge in [0.05, 0.1) is 0 Å². The zero-order valence-corrected chi connectivity index (χ0v) is 11.6. The topological polar surface area (TPSA) is 9.23 Å². The Morgan fingerprint density at radius 2 is 2.07 bits per heavy atom. The molecule has 1 aromatic carbocycles. The first-order chi connectivity index (χ1) is 7.33. The molecule has 0 radical (unpaired) electrons. The van der Waals surface area contributed by atoms with E-state index in [-0.39, 0.29) is 0 Å². The van der Waals surface area contributed by atoms with Crippen molar-refractivity contribution in [2.24, 2.45) is 5.92 Å². The van der Waals surface area contributed by atoms with Crippen LogP contribution in [0.5, 0.6) is 0 Å². The van der Waals surface area contributed by atoms with Gasteiger partial charge in [-0.05, 0) is 11.5 Å². The second kappa shape index (κ2) is 6.59. The maximum Gasteiger partial charge on any atom is 0.145 e. The van der Waals surface area contributed by atoms with E-state index < -0.39 is 0 Å². The maximum atomic E-state index is 5.39. The highest BCUT2D eigenvalue weighted by molar-refractivity contribution is 5.97. The van der Waals surface area contributed by atoms with E-state index in [0.29, 0.717) is 11.8 Å². The van der Waals surface area contributed by atoms with Crippen molar-refractivity contribution in [3.63, 3.8) is 0 Å². The van der Waals surface area contributed by atoms with E-state index in [2.05, 4.69) is 37.8 Å². The first-order valence-corrected chi connectivity index (χ1v) is 6.31. The first-order valence-electron chi connectivity index (χ1n) is 5.49. The summed E-state index contributed by atoms with van der Waals surface area (Å²) >= 11 is 0. The SMILES string of the molecule is C=CC(c1ccccc1)C(CC)CO[SiH3]. The third-order valence-corrected chi connectivity index (χ3v) is 3.18. The molecular weight excluding hydrogens is 200 g/mol. The van der Waals surface area contributed by atoms with Gasteiger partial charge in [0.15, 0.2) is 0 Å². The lowest BCUT2D eigenvalue weighted by Gasteiger charge is -2.23. The van der Waals surface area contributed by atoms with E-state index >= 15 is 0 Å². The van der Waals surface area contributed by atoms with E-state index in [1.54, 1.807) is 0 Å². The van der Waals surface area contributed by atoms with E-state index in [1.165, 1.54) is 5.56 Å². The van der Waals surface area contributed by atoms with Crippen LogP contribution in [-0.4, -0.2) is 17.1 Å². The highest BCUT2D eigenvalue weighted by Gasteiger charge is 2.17. The van der Waals surface area contributed by atoms with Gasteiger partial charge in [-0.15, -0.1) is 6.58 Å². The van der Waals surface area contributed by atoms with E-state index in [4.69, 9.17) is 4.43 Å². The van der Waals surface area contributed by atoms with Crippen molar-refractivity contribution < 1.29 is 4.43 Å². The van der Waals surface area contributed by atoms with E-state index in [1.807, 2.05) is 12.1 Å². The normalized spacial score (nSPS) is 14.7. The van der Waals surface area contributed by atoms with Crippen molar-refractivity contribution in [1.29, 1.82) is 0 Å². The van der Waals surface area contributed by atoms with Crippen LogP contribution >= 0.6 is 0 Å². The highest BCUT2D eigenvalue weighted by atomic mass is 28.2. The summed E-state index contributed by atoms with van der Waals surface area (Å²) in [6, 6.07) is 10.6. The molecule has 82 valence electrons. The van der Waals surface area contributed by atoms with Gasteiger partial charge in [-0.2, -0.15) is 0 Å². The standard InChI is InChI=1S/C13H20OSi/c1-3-11(10-14-15)13(4-2)12-8-6-5-7-9-12/h4-9,11,13H,2-3,10H2,1,15H3. The summed E-state index contributed by atoms with van der Waals surface area (Å²) in [4.78, 5) is 0. The van der Waals surface area contributed by atoms with Gasteiger partial charge in [0.25, 0.3) is 0 Å². The summed E-state index contributed by atoms with van der Waals surface area (Å²) in [5.74, 6) is 0.979. The number of benzene rings is 1. The lowest BCUT2D eigenvalue weighted by molar-refractivity contribution is 0.250. The van der Waals surface area contributed by atoms with Crippen molar-refractivity contribution in [3.8, 4) is 0 Å².